The number of furan rings is 1. The van der Waals surface area contributed by atoms with E-state index in [2.05, 4.69) is 9.97 Å². The van der Waals surface area contributed by atoms with Gasteiger partial charge in [-0.25, -0.2) is 9.97 Å². The van der Waals surface area contributed by atoms with Crippen molar-refractivity contribution in [2.45, 2.75) is 11.8 Å². The molecule has 0 radical (unpaired) electrons. The highest BCUT2D eigenvalue weighted by Gasteiger charge is 2.15. The van der Waals surface area contributed by atoms with E-state index in [1.165, 1.54) is 6.33 Å². The SMILES string of the molecule is COc1cc(CC(Cl)c2cc3ccccc3o2)ncn1. The molecule has 4 nitrogen and oxygen atoms in total. The maximum Gasteiger partial charge on any atom is 0.216 e. The van der Waals surface area contributed by atoms with Crippen molar-refractivity contribution in [2.24, 2.45) is 0 Å². The molecule has 3 aromatic rings. The number of aromatic nitrogens is 2. The van der Waals surface area contributed by atoms with Crippen molar-refractivity contribution >= 4 is 22.6 Å². The van der Waals surface area contributed by atoms with Crippen LogP contribution in [-0.2, 0) is 6.42 Å². The van der Waals surface area contributed by atoms with E-state index in [-0.39, 0.29) is 5.38 Å². The summed E-state index contributed by atoms with van der Waals surface area (Å²) in [7, 11) is 1.57. The van der Waals surface area contributed by atoms with Crippen molar-refractivity contribution < 1.29 is 9.15 Å². The second kappa shape index (κ2) is 5.51. The summed E-state index contributed by atoms with van der Waals surface area (Å²) in [6, 6.07) is 11.6. The summed E-state index contributed by atoms with van der Waals surface area (Å²) in [6.07, 6.45) is 2.02. The molecular weight excluding hydrogens is 276 g/mol. The number of rotatable bonds is 4. The first-order valence-electron chi connectivity index (χ1n) is 6.23. The number of methoxy groups -OCH3 is 1. The Hall–Kier alpha value is -2.07. The number of hydrogen-bond acceptors (Lipinski definition) is 4. The van der Waals surface area contributed by atoms with Gasteiger partial charge in [0.05, 0.1) is 12.5 Å². The number of nitrogens with zero attached hydrogens (tertiary/aromatic N) is 2. The molecule has 0 bridgehead atoms. The van der Waals surface area contributed by atoms with Gasteiger partial charge in [0, 0.05) is 23.6 Å². The van der Waals surface area contributed by atoms with Crippen molar-refractivity contribution in [1.29, 1.82) is 0 Å². The van der Waals surface area contributed by atoms with Gasteiger partial charge in [-0.1, -0.05) is 18.2 Å². The number of hydrogen-bond donors (Lipinski definition) is 0. The van der Waals surface area contributed by atoms with Crippen LogP contribution in [-0.4, -0.2) is 17.1 Å². The zero-order chi connectivity index (χ0) is 13.9. The van der Waals surface area contributed by atoms with Gasteiger partial charge >= 0.3 is 0 Å². The lowest BCUT2D eigenvalue weighted by Crippen LogP contribution is -1.99. The summed E-state index contributed by atoms with van der Waals surface area (Å²) in [6.45, 7) is 0. The van der Waals surface area contributed by atoms with Gasteiger partial charge in [0.15, 0.2) is 0 Å². The molecule has 0 N–H and O–H groups in total. The average molecular weight is 289 g/mol. The van der Waals surface area contributed by atoms with Crippen LogP contribution in [0.2, 0.25) is 0 Å². The molecule has 0 aliphatic rings. The topological polar surface area (TPSA) is 48.2 Å². The van der Waals surface area contributed by atoms with Crippen LogP contribution in [0.5, 0.6) is 5.88 Å². The van der Waals surface area contributed by atoms with Crippen LogP contribution < -0.4 is 4.74 Å². The van der Waals surface area contributed by atoms with E-state index in [9.17, 15) is 0 Å². The van der Waals surface area contributed by atoms with E-state index in [1.807, 2.05) is 30.3 Å². The molecule has 0 saturated carbocycles. The minimum absolute atomic E-state index is 0.276. The highest BCUT2D eigenvalue weighted by atomic mass is 35.5. The zero-order valence-corrected chi connectivity index (χ0v) is 11.7. The highest BCUT2D eigenvalue weighted by molar-refractivity contribution is 6.20. The van der Waals surface area contributed by atoms with Crippen LogP contribution in [0.1, 0.15) is 16.8 Å². The lowest BCUT2D eigenvalue weighted by molar-refractivity contribution is 0.395. The van der Waals surface area contributed by atoms with Gasteiger partial charge in [0.2, 0.25) is 5.88 Å². The molecule has 0 aliphatic carbocycles. The predicted molar refractivity (Wildman–Crippen MR) is 77.1 cm³/mol. The van der Waals surface area contributed by atoms with Crippen molar-refractivity contribution in [1.82, 2.24) is 9.97 Å². The molecule has 0 fully saturated rings. The maximum absolute atomic E-state index is 6.41. The highest BCUT2D eigenvalue weighted by Crippen LogP contribution is 2.30. The number of benzene rings is 1. The van der Waals surface area contributed by atoms with Gasteiger partial charge in [-0.05, 0) is 12.1 Å². The summed E-state index contributed by atoms with van der Waals surface area (Å²) in [5, 5.41) is 0.774. The predicted octanol–water partition coefficient (Wildman–Crippen LogP) is 3.75. The smallest absolute Gasteiger partial charge is 0.216 e. The maximum atomic E-state index is 6.41. The molecular formula is C15H13ClN2O2. The first-order valence-corrected chi connectivity index (χ1v) is 6.67. The van der Waals surface area contributed by atoms with Gasteiger partial charge in [-0.15, -0.1) is 11.6 Å². The van der Waals surface area contributed by atoms with Crippen molar-refractivity contribution in [2.75, 3.05) is 7.11 Å². The monoisotopic (exact) mass is 288 g/mol. The third-order valence-electron chi connectivity index (χ3n) is 3.05. The summed E-state index contributed by atoms with van der Waals surface area (Å²) in [4.78, 5) is 8.16. The molecule has 102 valence electrons. The molecule has 1 atom stereocenters. The van der Waals surface area contributed by atoms with Crippen molar-refractivity contribution in [3.63, 3.8) is 0 Å². The van der Waals surface area contributed by atoms with E-state index in [1.54, 1.807) is 13.2 Å². The van der Waals surface area contributed by atoms with Gasteiger partial charge in [0.25, 0.3) is 0 Å². The Kier molecular flexibility index (Phi) is 3.56. The summed E-state index contributed by atoms with van der Waals surface area (Å²) < 4.78 is 10.8. The van der Waals surface area contributed by atoms with E-state index in [0.717, 1.165) is 22.4 Å². The second-order valence-electron chi connectivity index (χ2n) is 4.41. The number of para-hydroxylation sites is 1. The van der Waals surface area contributed by atoms with Gasteiger partial charge in [-0.2, -0.15) is 0 Å². The van der Waals surface area contributed by atoms with Crippen LogP contribution in [0.15, 0.2) is 47.1 Å². The summed E-state index contributed by atoms with van der Waals surface area (Å²) in [5.74, 6) is 1.27. The van der Waals surface area contributed by atoms with Gasteiger partial charge in [0.1, 0.15) is 17.7 Å². The quantitative estimate of drug-likeness (QED) is 0.686. The number of ether oxygens (including phenoxy) is 1. The normalized spacial score (nSPS) is 12.5. The Morgan fingerprint density at radius 2 is 2.10 bits per heavy atom. The van der Waals surface area contributed by atoms with E-state index < -0.39 is 0 Å². The molecule has 2 heterocycles. The number of alkyl halides is 1. The first-order chi connectivity index (χ1) is 9.76. The summed E-state index contributed by atoms with van der Waals surface area (Å²) >= 11 is 6.41. The Balaban J connectivity index is 1.82. The third kappa shape index (κ3) is 2.60. The second-order valence-corrected chi connectivity index (χ2v) is 4.94. The molecule has 0 aliphatic heterocycles. The molecule has 1 unspecified atom stereocenters. The molecule has 0 spiro atoms. The molecule has 20 heavy (non-hydrogen) atoms. The van der Waals surface area contributed by atoms with E-state index in [0.29, 0.717) is 12.3 Å². The van der Waals surface area contributed by atoms with Crippen LogP contribution in [0.4, 0.5) is 0 Å². The van der Waals surface area contributed by atoms with Gasteiger partial charge in [-0.3, -0.25) is 0 Å². The minimum Gasteiger partial charge on any atom is -0.481 e. The number of halogens is 1. The average Bonchev–Trinajstić information content (AvgIpc) is 2.91. The first kappa shape index (κ1) is 12.9. The van der Waals surface area contributed by atoms with E-state index in [4.69, 9.17) is 20.8 Å². The molecule has 0 saturated heterocycles. The number of fused-ring (bicyclic) bond motifs is 1. The van der Waals surface area contributed by atoms with Crippen LogP contribution >= 0.6 is 11.6 Å². The molecule has 3 rings (SSSR count). The van der Waals surface area contributed by atoms with Crippen molar-refractivity contribution in [3.05, 3.63) is 54.2 Å². The standard InChI is InChI=1S/C15H13ClN2O2/c1-19-15-8-11(17-9-18-15)7-12(16)14-6-10-4-2-3-5-13(10)20-14/h2-6,8-9,12H,7H2,1H3. The fraction of sp³-hybridized carbons (Fsp3) is 0.200. The van der Waals surface area contributed by atoms with Crippen molar-refractivity contribution in [3.8, 4) is 5.88 Å². The lowest BCUT2D eigenvalue weighted by Gasteiger charge is -2.06. The molecule has 0 amide bonds. The van der Waals surface area contributed by atoms with Crippen LogP contribution in [0.25, 0.3) is 11.0 Å². The molecule has 1 aromatic carbocycles. The molecule has 2 aromatic heterocycles. The van der Waals surface area contributed by atoms with Gasteiger partial charge < -0.3 is 9.15 Å². The minimum atomic E-state index is -0.276. The Morgan fingerprint density at radius 3 is 2.90 bits per heavy atom. The largest absolute Gasteiger partial charge is 0.481 e. The Bertz CT molecular complexity index is 693. The summed E-state index contributed by atoms with van der Waals surface area (Å²) in [5.41, 5.74) is 1.66. The lowest BCUT2D eigenvalue weighted by atomic mass is 10.2. The van der Waals surface area contributed by atoms with E-state index >= 15 is 0 Å². The Labute approximate surface area is 121 Å². The fourth-order valence-electron chi connectivity index (χ4n) is 2.04. The zero-order valence-electron chi connectivity index (χ0n) is 10.9. The van der Waals surface area contributed by atoms with Crippen LogP contribution in [0, 0.1) is 0 Å². The van der Waals surface area contributed by atoms with Crippen LogP contribution in [0.3, 0.4) is 0 Å². The molecule has 5 heteroatoms. The third-order valence-corrected chi connectivity index (χ3v) is 3.42. The Morgan fingerprint density at radius 1 is 1.25 bits per heavy atom. The fourth-order valence-corrected chi connectivity index (χ4v) is 2.31.